The summed E-state index contributed by atoms with van der Waals surface area (Å²) in [6, 6.07) is 33.4. The zero-order chi connectivity index (χ0) is 43.1. The smallest absolute Gasteiger partial charge is 0.317 e. The number of aromatic nitrogens is 1. The van der Waals surface area contributed by atoms with Crippen molar-refractivity contribution in [1.29, 1.82) is 0 Å². The lowest BCUT2D eigenvalue weighted by Crippen LogP contribution is -2.55. The van der Waals surface area contributed by atoms with Crippen molar-refractivity contribution in [1.82, 2.24) is 25.0 Å². The maximum atomic E-state index is 14.1. The monoisotopic (exact) mass is 839 g/mol. The zero-order valence-electron chi connectivity index (χ0n) is 35.2. The number of esters is 1. The van der Waals surface area contributed by atoms with Crippen LogP contribution in [0.3, 0.4) is 0 Å². The van der Waals surface area contributed by atoms with Crippen LogP contribution in [0.15, 0.2) is 114 Å². The SMILES string of the molecule is O=C(CCc1ccc(C(=O)N(CCCNCC(O)c2ccc(O)c3[nH]c(=O)ccc23)Cc2ccccc2)cc1)N1CCC(C(=O)O[C@H]2CN3CCC2CC3)(c2ccccc2)CC1. The number of aromatic amines is 1. The third kappa shape index (κ3) is 9.78. The highest BCUT2D eigenvalue weighted by Gasteiger charge is 2.47. The Balaban J connectivity index is 0.835. The van der Waals surface area contributed by atoms with E-state index in [-0.39, 0.29) is 47.3 Å². The number of benzene rings is 4. The third-order valence-corrected chi connectivity index (χ3v) is 13.3. The van der Waals surface area contributed by atoms with E-state index in [1.807, 2.05) is 94.7 Å². The number of ether oxygens (including phenoxy) is 1. The van der Waals surface area contributed by atoms with Gasteiger partial charge in [0.1, 0.15) is 11.9 Å². The minimum absolute atomic E-state index is 0.0560. The van der Waals surface area contributed by atoms with Crippen LogP contribution < -0.4 is 10.9 Å². The summed E-state index contributed by atoms with van der Waals surface area (Å²) in [6.45, 7) is 5.67. The molecule has 5 aromatic rings. The summed E-state index contributed by atoms with van der Waals surface area (Å²) in [5.74, 6) is 0.176. The number of fused-ring (bicyclic) bond motifs is 4. The Morgan fingerprint density at radius 3 is 2.26 bits per heavy atom. The molecule has 12 nitrogen and oxygen atoms in total. The number of H-pyrrole nitrogens is 1. The van der Waals surface area contributed by atoms with Crippen molar-refractivity contribution in [3.05, 3.63) is 147 Å². The summed E-state index contributed by atoms with van der Waals surface area (Å²) in [5.41, 5.74) is 3.28. The molecule has 1 unspecified atom stereocenters. The number of amides is 2. The fraction of sp³-hybridized carbons (Fsp3) is 0.400. The molecular formula is C50H57N5O7. The molecule has 0 spiro atoms. The minimum Gasteiger partial charge on any atom is -0.506 e. The summed E-state index contributed by atoms with van der Waals surface area (Å²) in [4.78, 5) is 62.1. The zero-order valence-corrected chi connectivity index (χ0v) is 35.2. The lowest BCUT2D eigenvalue weighted by molar-refractivity contribution is -0.168. The van der Waals surface area contributed by atoms with Gasteiger partial charge in [-0.25, -0.2) is 0 Å². The van der Waals surface area contributed by atoms with Crippen LogP contribution in [0.1, 0.15) is 77.2 Å². The Morgan fingerprint density at radius 1 is 0.855 bits per heavy atom. The van der Waals surface area contributed by atoms with Crippen molar-refractivity contribution >= 4 is 28.7 Å². The molecule has 0 radical (unpaired) electrons. The normalized spacial score (nSPS) is 19.8. The van der Waals surface area contributed by atoms with Crippen LogP contribution in [-0.2, 0) is 32.7 Å². The number of piperidine rings is 4. The van der Waals surface area contributed by atoms with Gasteiger partial charge in [0.25, 0.3) is 5.91 Å². The van der Waals surface area contributed by atoms with Crippen LogP contribution in [-0.4, -0.2) is 106 Å². The number of phenols is 1. The van der Waals surface area contributed by atoms with E-state index >= 15 is 0 Å². The van der Waals surface area contributed by atoms with Crippen LogP contribution >= 0.6 is 0 Å². The van der Waals surface area contributed by atoms with E-state index in [0.29, 0.717) is 87.3 Å². The van der Waals surface area contributed by atoms with Crippen LogP contribution in [0.25, 0.3) is 10.9 Å². The molecule has 1 aromatic heterocycles. The van der Waals surface area contributed by atoms with Gasteiger partial charge < -0.3 is 35.1 Å². The number of nitrogens with zero attached hydrogens (tertiary/aromatic N) is 3. The van der Waals surface area contributed by atoms with E-state index in [2.05, 4.69) is 15.2 Å². The Bertz CT molecular complexity index is 2370. The fourth-order valence-electron chi connectivity index (χ4n) is 9.56. The van der Waals surface area contributed by atoms with Crippen molar-refractivity contribution in [3.63, 3.8) is 0 Å². The molecule has 4 aliphatic rings. The predicted molar refractivity (Wildman–Crippen MR) is 238 cm³/mol. The van der Waals surface area contributed by atoms with E-state index in [0.717, 1.165) is 49.2 Å². The summed E-state index contributed by atoms with van der Waals surface area (Å²) in [5, 5.41) is 25.0. The van der Waals surface area contributed by atoms with Gasteiger partial charge in [0.05, 0.1) is 17.0 Å². The molecule has 5 heterocycles. The van der Waals surface area contributed by atoms with Gasteiger partial charge in [0.2, 0.25) is 11.5 Å². The topological polar surface area (TPSA) is 156 Å². The van der Waals surface area contributed by atoms with Crippen molar-refractivity contribution in [2.24, 2.45) is 5.92 Å². The number of carbonyl (C=O) groups is 3. The summed E-state index contributed by atoms with van der Waals surface area (Å²) in [7, 11) is 0. The van der Waals surface area contributed by atoms with Gasteiger partial charge >= 0.3 is 5.97 Å². The van der Waals surface area contributed by atoms with Crippen molar-refractivity contribution < 1.29 is 29.3 Å². The molecule has 2 amide bonds. The lowest BCUT2D eigenvalue weighted by Gasteiger charge is -2.46. The first-order valence-electron chi connectivity index (χ1n) is 22.1. The van der Waals surface area contributed by atoms with Crippen LogP contribution in [0.5, 0.6) is 5.75 Å². The van der Waals surface area contributed by atoms with Crippen LogP contribution in [0.4, 0.5) is 0 Å². The number of aliphatic hydroxyl groups is 1. The van der Waals surface area contributed by atoms with E-state index in [1.54, 1.807) is 12.1 Å². The largest absolute Gasteiger partial charge is 0.506 e. The second kappa shape index (κ2) is 19.5. The highest BCUT2D eigenvalue weighted by atomic mass is 16.5. The number of aliphatic hydroxyl groups excluding tert-OH is 1. The molecule has 0 aliphatic carbocycles. The van der Waals surface area contributed by atoms with Crippen molar-refractivity contribution in [2.75, 3.05) is 52.4 Å². The number of pyridine rings is 1. The van der Waals surface area contributed by atoms with E-state index in [9.17, 15) is 29.4 Å². The highest BCUT2D eigenvalue weighted by Crippen LogP contribution is 2.39. The average Bonchev–Trinajstić information content (AvgIpc) is 3.31. The van der Waals surface area contributed by atoms with Gasteiger partial charge in [-0.2, -0.15) is 0 Å². The maximum absolute atomic E-state index is 14.1. The van der Waals surface area contributed by atoms with Gasteiger partial charge in [0.15, 0.2) is 0 Å². The molecular weight excluding hydrogens is 783 g/mol. The number of nitrogens with one attached hydrogen (secondary N) is 2. The first-order chi connectivity index (χ1) is 30.2. The molecule has 2 atom stereocenters. The van der Waals surface area contributed by atoms with Gasteiger partial charge in [-0.05, 0) is 111 Å². The molecule has 9 rings (SSSR count). The number of phenolic OH excluding ortho intramolecular Hbond substituents is 1. The molecule has 0 saturated carbocycles. The Morgan fingerprint density at radius 2 is 1.56 bits per heavy atom. The fourth-order valence-corrected chi connectivity index (χ4v) is 9.56. The summed E-state index contributed by atoms with van der Waals surface area (Å²) < 4.78 is 6.33. The third-order valence-electron chi connectivity index (χ3n) is 13.3. The van der Waals surface area contributed by atoms with Crippen LogP contribution in [0, 0.1) is 5.92 Å². The summed E-state index contributed by atoms with van der Waals surface area (Å²) in [6.07, 6.45) is 3.77. The number of likely N-dealkylation sites (tertiary alicyclic amines) is 1. The molecule has 4 N–H and O–H groups in total. The molecule has 62 heavy (non-hydrogen) atoms. The first kappa shape index (κ1) is 42.9. The van der Waals surface area contributed by atoms with Gasteiger partial charge in [-0.15, -0.1) is 0 Å². The summed E-state index contributed by atoms with van der Waals surface area (Å²) >= 11 is 0. The number of aryl methyl sites for hydroxylation is 1. The highest BCUT2D eigenvalue weighted by molar-refractivity contribution is 5.94. The Hall–Kier alpha value is -5.82. The Labute approximate surface area is 362 Å². The van der Waals surface area contributed by atoms with E-state index < -0.39 is 11.5 Å². The Kier molecular flexibility index (Phi) is 13.5. The van der Waals surface area contributed by atoms with E-state index in [4.69, 9.17) is 4.74 Å². The standard InChI is InChI=1S/C50H57N5O7/c56-42-19-17-40(41-18-20-45(58)52-47(41)42)43(57)32-51-26-7-27-55(33-36-8-3-1-4-9-36)48(60)38-15-12-35(13-16-38)14-21-46(59)54-30-24-50(25-31-54,39-10-5-2-6-11-39)49(61)62-44-34-53-28-22-37(44)23-29-53/h1-6,8-13,15-20,37,43-44,51,56-57H,7,14,21-34H2,(H,52,58)/t43?,44-/m0/s1. The quantitative estimate of drug-likeness (QED) is 0.0722. The van der Waals surface area contributed by atoms with E-state index in [1.165, 1.54) is 12.1 Å². The number of aromatic hydroxyl groups is 1. The number of carbonyl (C=O) groups excluding carboxylic acids is 3. The lowest BCUT2D eigenvalue weighted by atomic mass is 9.72. The molecule has 4 saturated heterocycles. The number of rotatable bonds is 16. The maximum Gasteiger partial charge on any atom is 0.317 e. The van der Waals surface area contributed by atoms with Crippen molar-refractivity contribution in [2.45, 2.75) is 69.1 Å². The number of hydrogen-bond acceptors (Lipinski definition) is 9. The average molecular weight is 840 g/mol. The predicted octanol–water partition coefficient (Wildman–Crippen LogP) is 5.72. The second-order valence-corrected chi connectivity index (χ2v) is 17.2. The van der Waals surface area contributed by atoms with Gasteiger partial charge in [0, 0.05) is 62.7 Å². The molecule has 4 fully saturated rings. The van der Waals surface area contributed by atoms with Gasteiger partial charge in [-0.1, -0.05) is 78.9 Å². The van der Waals surface area contributed by atoms with Gasteiger partial charge in [-0.3, -0.25) is 24.1 Å². The molecule has 2 bridgehead atoms. The number of hydrogen-bond donors (Lipinski definition) is 4. The van der Waals surface area contributed by atoms with Crippen LogP contribution in [0.2, 0.25) is 0 Å². The molecule has 4 aliphatic heterocycles. The first-order valence-corrected chi connectivity index (χ1v) is 22.1. The second-order valence-electron chi connectivity index (χ2n) is 17.2. The molecule has 324 valence electrons. The van der Waals surface area contributed by atoms with Crippen molar-refractivity contribution in [3.8, 4) is 5.75 Å². The molecule has 4 aromatic carbocycles. The molecule has 12 heteroatoms. The minimum atomic E-state index is -0.880.